The summed E-state index contributed by atoms with van der Waals surface area (Å²) in [6.45, 7) is 8.32. The molecule has 0 amide bonds. The second kappa shape index (κ2) is 4.40. The van der Waals surface area contributed by atoms with E-state index in [-0.39, 0.29) is 12.2 Å². The monoisotopic (exact) mass is 200 g/mol. The predicted molar refractivity (Wildman–Crippen MR) is 57.0 cm³/mol. The van der Waals surface area contributed by atoms with E-state index in [0.29, 0.717) is 0 Å². The van der Waals surface area contributed by atoms with Crippen LogP contribution >= 0.6 is 0 Å². The Kier molecular flexibility index (Phi) is 3.70. The van der Waals surface area contributed by atoms with Crippen LogP contribution in [0, 0.1) is 0 Å². The van der Waals surface area contributed by atoms with Gasteiger partial charge in [-0.15, -0.1) is 0 Å². The lowest BCUT2D eigenvalue weighted by molar-refractivity contribution is 0.110. The second-order valence-electron chi connectivity index (χ2n) is 4.12. The highest BCUT2D eigenvalue weighted by atomic mass is 28.4. The van der Waals surface area contributed by atoms with E-state index < -0.39 is 8.56 Å². The van der Waals surface area contributed by atoms with Crippen LogP contribution in [0.1, 0.15) is 27.7 Å². The van der Waals surface area contributed by atoms with E-state index in [0.717, 1.165) is 12.1 Å². The molecular weight excluding hydrogens is 180 g/mol. The van der Waals surface area contributed by atoms with E-state index in [2.05, 4.69) is 39.8 Å². The van der Waals surface area contributed by atoms with Gasteiger partial charge in [0, 0.05) is 24.3 Å². The first-order valence-corrected chi connectivity index (χ1v) is 7.28. The Morgan fingerprint density at radius 1 is 0.923 bits per heavy atom. The molecule has 0 aliphatic carbocycles. The van der Waals surface area contributed by atoms with Gasteiger partial charge in [-0.1, -0.05) is 12.2 Å². The summed E-state index contributed by atoms with van der Waals surface area (Å²) < 4.78 is 11.9. The highest BCUT2D eigenvalue weighted by Crippen LogP contribution is 2.28. The van der Waals surface area contributed by atoms with E-state index in [1.807, 2.05) is 0 Å². The molecule has 3 heteroatoms. The largest absolute Gasteiger partial charge is 0.391 e. The van der Waals surface area contributed by atoms with Gasteiger partial charge in [0.25, 0.3) is 0 Å². The smallest absolute Gasteiger partial charge is 0.346 e. The predicted octanol–water partition coefficient (Wildman–Crippen LogP) is 2.85. The highest BCUT2D eigenvalue weighted by molar-refractivity contribution is 6.69. The van der Waals surface area contributed by atoms with Crippen molar-refractivity contribution in [2.45, 2.75) is 52.0 Å². The average molecular weight is 200 g/mol. The molecule has 0 atom stereocenters. The number of hydrogen-bond donors (Lipinski definition) is 0. The van der Waals surface area contributed by atoms with Gasteiger partial charge in [-0.05, 0) is 27.7 Å². The molecule has 0 unspecified atom stereocenters. The van der Waals surface area contributed by atoms with Gasteiger partial charge in [0.15, 0.2) is 0 Å². The summed E-state index contributed by atoms with van der Waals surface area (Å²) in [5.74, 6) is 0. The van der Waals surface area contributed by atoms with Gasteiger partial charge in [0.1, 0.15) is 0 Å². The molecule has 0 fully saturated rings. The summed E-state index contributed by atoms with van der Waals surface area (Å²) in [5.41, 5.74) is 0. The molecule has 1 aliphatic rings. The molecule has 0 aromatic heterocycles. The maximum atomic E-state index is 5.96. The summed E-state index contributed by atoms with van der Waals surface area (Å²) in [5, 5.41) is 0. The van der Waals surface area contributed by atoms with Crippen molar-refractivity contribution in [1.82, 2.24) is 0 Å². The minimum Gasteiger partial charge on any atom is -0.391 e. The number of hydrogen-bond acceptors (Lipinski definition) is 2. The van der Waals surface area contributed by atoms with E-state index in [1.54, 1.807) is 0 Å². The Hall–Kier alpha value is -0.123. The van der Waals surface area contributed by atoms with E-state index in [1.165, 1.54) is 0 Å². The van der Waals surface area contributed by atoms with Crippen molar-refractivity contribution >= 4 is 8.56 Å². The Bertz CT molecular complexity index is 167. The van der Waals surface area contributed by atoms with E-state index >= 15 is 0 Å². The van der Waals surface area contributed by atoms with E-state index in [9.17, 15) is 0 Å². The maximum Gasteiger partial charge on any atom is 0.346 e. The molecule has 76 valence electrons. The molecule has 13 heavy (non-hydrogen) atoms. The molecule has 0 bridgehead atoms. The fourth-order valence-corrected chi connectivity index (χ4v) is 5.07. The molecule has 0 aromatic carbocycles. The maximum absolute atomic E-state index is 5.96. The third kappa shape index (κ3) is 3.25. The minimum atomic E-state index is -1.87. The second-order valence-corrected chi connectivity index (χ2v) is 7.23. The van der Waals surface area contributed by atoms with Gasteiger partial charge < -0.3 is 8.85 Å². The third-order valence-corrected chi connectivity index (χ3v) is 5.44. The van der Waals surface area contributed by atoms with Crippen molar-refractivity contribution in [3.05, 3.63) is 12.2 Å². The quantitative estimate of drug-likeness (QED) is 0.513. The Morgan fingerprint density at radius 2 is 1.31 bits per heavy atom. The lowest BCUT2D eigenvalue weighted by atomic mass is 10.5. The molecule has 1 rings (SSSR count). The summed E-state index contributed by atoms with van der Waals surface area (Å²) in [6, 6.07) is 2.03. The number of rotatable bonds is 4. The topological polar surface area (TPSA) is 18.5 Å². The first kappa shape index (κ1) is 11.0. The van der Waals surface area contributed by atoms with Crippen molar-refractivity contribution in [3.63, 3.8) is 0 Å². The Morgan fingerprint density at radius 3 is 1.62 bits per heavy atom. The average Bonchev–Trinajstić information content (AvgIpc) is 2.33. The first-order chi connectivity index (χ1) is 6.04. The summed E-state index contributed by atoms with van der Waals surface area (Å²) >= 11 is 0. The molecular formula is C10H20O2Si. The standard InChI is InChI=1S/C10H20O2Si/c1-9(2)11-13(12-10(3)4)7-5-6-8-13/h5-6,9-10H,7-8H2,1-4H3. The Balaban J connectivity index is 2.54. The van der Waals surface area contributed by atoms with Crippen LogP contribution in [-0.4, -0.2) is 20.8 Å². The molecule has 1 heterocycles. The van der Waals surface area contributed by atoms with Gasteiger partial charge in [0.05, 0.1) is 0 Å². The minimum absolute atomic E-state index is 0.283. The van der Waals surface area contributed by atoms with Crippen molar-refractivity contribution < 1.29 is 8.85 Å². The lowest BCUT2D eigenvalue weighted by Crippen LogP contribution is -2.43. The van der Waals surface area contributed by atoms with Gasteiger partial charge in [-0.3, -0.25) is 0 Å². The third-order valence-electron chi connectivity index (χ3n) is 1.93. The Labute approximate surface area is 82.2 Å². The summed E-state index contributed by atoms with van der Waals surface area (Å²) in [7, 11) is -1.87. The van der Waals surface area contributed by atoms with Crippen molar-refractivity contribution in [2.75, 3.05) is 0 Å². The molecule has 0 saturated heterocycles. The van der Waals surface area contributed by atoms with Gasteiger partial charge in [-0.25, -0.2) is 0 Å². The van der Waals surface area contributed by atoms with Crippen molar-refractivity contribution in [2.24, 2.45) is 0 Å². The van der Waals surface area contributed by atoms with Gasteiger partial charge >= 0.3 is 8.56 Å². The van der Waals surface area contributed by atoms with Crippen LogP contribution in [0.15, 0.2) is 12.2 Å². The van der Waals surface area contributed by atoms with Crippen molar-refractivity contribution in [1.29, 1.82) is 0 Å². The lowest BCUT2D eigenvalue weighted by Gasteiger charge is -2.30. The molecule has 2 nitrogen and oxygen atoms in total. The number of allylic oxidation sites excluding steroid dienone is 2. The molecule has 0 aromatic rings. The van der Waals surface area contributed by atoms with Gasteiger partial charge in [0.2, 0.25) is 0 Å². The fourth-order valence-electron chi connectivity index (χ4n) is 1.69. The van der Waals surface area contributed by atoms with E-state index in [4.69, 9.17) is 8.85 Å². The van der Waals surface area contributed by atoms with Crippen LogP contribution in [0.3, 0.4) is 0 Å². The van der Waals surface area contributed by atoms with Crippen LogP contribution < -0.4 is 0 Å². The van der Waals surface area contributed by atoms with Crippen LogP contribution in [0.2, 0.25) is 12.1 Å². The normalized spacial score (nSPS) is 20.5. The van der Waals surface area contributed by atoms with Gasteiger partial charge in [-0.2, -0.15) is 0 Å². The van der Waals surface area contributed by atoms with Crippen molar-refractivity contribution in [3.8, 4) is 0 Å². The molecule has 0 radical (unpaired) electrons. The molecule has 0 N–H and O–H groups in total. The van der Waals surface area contributed by atoms with Crippen LogP contribution in [-0.2, 0) is 8.85 Å². The molecule has 1 aliphatic heterocycles. The SMILES string of the molecule is CC(C)O[Si]1(OC(C)C)CC=CC1. The molecule has 0 saturated carbocycles. The zero-order valence-corrected chi connectivity index (χ0v) is 10.0. The first-order valence-electron chi connectivity index (χ1n) is 5.05. The zero-order chi connectivity index (χ0) is 9.90. The highest BCUT2D eigenvalue weighted by Gasteiger charge is 2.40. The fraction of sp³-hybridized carbons (Fsp3) is 0.800. The summed E-state index contributed by atoms with van der Waals surface area (Å²) in [4.78, 5) is 0. The van der Waals surface area contributed by atoms with Crippen LogP contribution in [0.25, 0.3) is 0 Å². The molecule has 0 spiro atoms. The summed E-state index contributed by atoms with van der Waals surface area (Å²) in [6.07, 6.45) is 4.95. The van der Waals surface area contributed by atoms with Crippen LogP contribution in [0.4, 0.5) is 0 Å². The zero-order valence-electron chi connectivity index (χ0n) is 9.04. The van der Waals surface area contributed by atoms with Crippen LogP contribution in [0.5, 0.6) is 0 Å².